The highest BCUT2D eigenvalue weighted by atomic mass is 16.5. The summed E-state index contributed by atoms with van der Waals surface area (Å²) in [6.07, 6.45) is 1.81. The van der Waals surface area contributed by atoms with E-state index in [2.05, 4.69) is 4.98 Å². The summed E-state index contributed by atoms with van der Waals surface area (Å²) in [5.74, 6) is -0.295. The highest BCUT2D eigenvalue weighted by Crippen LogP contribution is 2.12. The minimum atomic E-state index is -0.295. The number of carbonyl (C=O) groups excluding carboxylic acids is 2. The average molecular weight is 257 g/mol. The molecule has 0 radical (unpaired) electrons. The fourth-order valence-electron chi connectivity index (χ4n) is 1.77. The number of fused-ring (bicyclic) bond motifs is 1. The molecule has 0 aliphatic rings. The van der Waals surface area contributed by atoms with E-state index in [9.17, 15) is 9.59 Å². The number of aromatic nitrogens is 1. The number of para-hydroxylation sites is 1. The molecule has 0 unspecified atom stereocenters. The molecule has 0 N–H and O–H groups in total. The SMILES string of the molecule is O=CCCOC(=O)CCc1ccc2ccccc2n1. The molecule has 0 atom stereocenters. The van der Waals surface area contributed by atoms with Crippen molar-refractivity contribution in [1.29, 1.82) is 0 Å². The van der Waals surface area contributed by atoms with E-state index in [1.165, 1.54) is 0 Å². The molecule has 0 aliphatic heterocycles. The summed E-state index contributed by atoms with van der Waals surface area (Å²) in [6, 6.07) is 11.8. The number of hydrogen-bond acceptors (Lipinski definition) is 4. The number of benzene rings is 1. The maximum Gasteiger partial charge on any atom is 0.306 e. The first-order valence-corrected chi connectivity index (χ1v) is 6.23. The molecule has 98 valence electrons. The fourth-order valence-corrected chi connectivity index (χ4v) is 1.77. The second-order valence-electron chi connectivity index (χ2n) is 4.17. The van der Waals surface area contributed by atoms with Gasteiger partial charge in [-0.2, -0.15) is 0 Å². The van der Waals surface area contributed by atoms with Crippen molar-refractivity contribution in [3.8, 4) is 0 Å². The smallest absolute Gasteiger partial charge is 0.306 e. The van der Waals surface area contributed by atoms with Crippen LogP contribution in [0.2, 0.25) is 0 Å². The van der Waals surface area contributed by atoms with E-state index in [1.54, 1.807) is 0 Å². The Balaban J connectivity index is 1.90. The molecular weight excluding hydrogens is 242 g/mol. The van der Waals surface area contributed by atoms with Crippen LogP contribution in [0.3, 0.4) is 0 Å². The second kappa shape index (κ2) is 6.64. The van der Waals surface area contributed by atoms with Gasteiger partial charge in [0.15, 0.2) is 0 Å². The predicted molar refractivity (Wildman–Crippen MR) is 71.7 cm³/mol. The van der Waals surface area contributed by atoms with Crippen molar-refractivity contribution in [2.24, 2.45) is 0 Å². The molecule has 19 heavy (non-hydrogen) atoms. The first-order chi connectivity index (χ1) is 9.29. The predicted octanol–water partition coefficient (Wildman–Crippen LogP) is 2.30. The van der Waals surface area contributed by atoms with Gasteiger partial charge in [-0.3, -0.25) is 9.78 Å². The maximum absolute atomic E-state index is 11.4. The summed E-state index contributed by atoms with van der Waals surface area (Å²) in [5.41, 5.74) is 1.79. The molecule has 0 aliphatic carbocycles. The zero-order chi connectivity index (χ0) is 13.5. The van der Waals surface area contributed by atoms with Crippen LogP contribution in [0, 0.1) is 0 Å². The second-order valence-corrected chi connectivity index (χ2v) is 4.17. The standard InChI is InChI=1S/C15H15NO3/c17-10-3-11-19-15(18)9-8-13-7-6-12-4-1-2-5-14(12)16-13/h1-2,4-7,10H,3,8-9,11H2. The number of aryl methyl sites for hydroxylation is 1. The van der Waals surface area contributed by atoms with E-state index < -0.39 is 0 Å². The van der Waals surface area contributed by atoms with Gasteiger partial charge in [-0.1, -0.05) is 24.3 Å². The quantitative estimate of drug-likeness (QED) is 0.452. The Morgan fingerprint density at radius 3 is 2.89 bits per heavy atom. The van der Waals surface area contributed by atoms with Crippen LogP contribution < -0.4 is 0 Å². The van der Waals surface area contributed by atoms with Gasteiger partial charge in [0.2, 0.25) is 0 Å². The lowest BCUT2D eigenvalue weighted by Crippen LogP contribution is -2.07. The summed E-state index contributed by atoms with van der Waals surface area (Å²) < 4.78 is 4.89. The molecule has 2 rings (SSSR count). The van der Waals surface area contributed by atoms with Gasteiger partial charge < -0.3 is 9.53 Å². The Bertz CT molecular complexity index is 580. The topological polar surface area (TPSA) is 56.3 Å². The van der Waals surface area contributed by atoms with Crippen molar-refractivity contribution in [2.45, 2.75) is 19.3 Å². The molecule has 0 bridgehead atoms. The first kappa shape index (κ1) is 13.2. The lowest BCUT2D eigenvalue weighted by atomic mass is 10.1. The van der Waals surface area contributed by atoms with Gasteiger partial charge in [0.05, 0.1) is 18.5 Å². The van der Waals surface area contributed by atoms with Crippen LogP contribution in [-0.2, 0) is 20.7 Å². The molecule has 4 heteroatoms. The normalized spacial score (nSPS) is 10.3. The summed E-state index contributed by atoms with van der Waals surface area (Å²) in [6.45, 7) is 0.160. The van der Waals surface area contributed by atoms with Crippen molar-refractivity contribution >= 4 is 23.2 Å². The van der Waals surface area contributed by atoms with E-state index in [-0.39, 0.29) is 25.4 Å². The monoisotopic (exact) mass is 257 g/mol. The van der Waals surface area contributed by atoms with Crippen molar-refractivity contribution in [3.05, 3.63) is 42.1 Å². The van der Waals surface area contributed by atoms with Gasteiger partial charge >= 0.3 is 5.97 Å². The lowest BCUT2D eigenvalue weighted by molar-refractivity contribution is -0.143. The summed E-state index contributed by atoms with van der Waals surface area (Å²) >= 11 is 0. The van der Waals surface area contributed by atoms with Crippen LogP contribution in [0.5, 0.6) is 0 Å². The number of aldehydes is 1. The highest BCUT2D eigenvalue weighted by molar-refractivity contribution is 5.78. The van der Waals surface area contributed by atoms with Crippen molar-refractivity contribution in [1.82, 2.24) is 4.98 Å². The van der Waals surface area contributed by atoms with Gasteiger partial charge in [-0.05, 0) is 12.1 Å². The number of esters is 1. The van der Waals surface area contributed by atoms with E-state index >= 15 is 0 Å². The third-order valence-electron chi connectivity index (χ3n) is 2.74. The molecule has 1 aromatic carbocycles. The van der Waals surface area contributed by atoms with E-state index in [4.69, 9.17) is 4.74 Å². The number of nitrogens with zero attached hydrogens (tertiary/aromatic N) is 1. The third kappa shape index (κ3) is 3.88. The Hall–Kier alpha value is -2.23. The van der Waals surface area contributed by atoms with E-state index in [1.807, 2.05) is 36.4 Å². The Morgan fingerprint density at radius 2 is 2.05 bits per heavy atom. The van der Waals surface area contributed by atoms with Gasteiger partial charge in [-0.25, -0.2) is 0 Å². The molecule has 0 fully saturated rings. The molecule has 1 aromatic heterocycles. The fraction of sp³-hybridized carbons (Fsp3) is 0.267. The van der Waals surface area contributed by atoms with Crippen LogP contribution >= 0.6 is 0 Å². The molecule has 0 saturated heterocycles. The zero-order valence-corrected chi connectivity index (χ0v) is 10.5. The largest absolute Gasteiger partial charge is 0.465 e. The van der Waals surface area contributed by atoms with Crippen LogP contribution in [0.25, 0.3) is 10.9 Å². The van der Waals surface area contributed by atoms with Crippen molar-refractivity contribution in [3.63, 3.8) is 0 Å². The zero-order valence-electron chi connectivity index (χ0n) is 10.5. The molecule has 0 saturated carbocycles. The molecule has 4 nitrogen and oxygen atoms in total. The minimum Gasteiger partial charge on any atom is -0.465 e. The summed E-state index contributed by atoms with van der Waals surface area (Å²) in [7, 11) is 0. The van der Waals surface area contributed by atoms with E-state index in [0.717, 1.165) is 22.9 Å². The average Bonchev–Trinajstić information content (AvgIpc) is 2.45. The van der Waals surface area contributed by atoms with Crippen molar-refractivity contribution < 1.29 is 14.3 Å². The molecule has 1 heterocycles. The van der Waals surface area contributed by atoms with Gasteiger partial charge in [0.1, 0.15) is 6.29 Å². The molecule has 2 aromatic rings. The van der Waals surface area contributed by atoms with Crippen molar-refractivity contribution in [2.75, 3.05) is 6.61 Å². The number of pyridine rings is 1. The van der Waals surface area contributed by atoms with Gasteiger partial charge in [-0.15, -0.1) is 0 Å². The van der Waals surface area contributed by atoms with Gasteiger partial charge in [0, 0.05) is 23.9 Å². The number of ether oxygens (including phenoxy) is 1. The first-order valence-electron chi connectivity index (χ1n) is 6.23. The Morgan fingerprint density at radius 1 is 1.21 bits per heavy atom. The summed E-state index contributed by atoms with van der Waals surface area (Å²) in [4.78, 5) is 26.0. The Kier molecular flexibility index (Phi) is 4.61. The number of hydrogen-bond donors (Lipinski definition) is 0. The van der Waals surface area contributed by atoms with Gasteiger partial charge in [0.25, 0.3) is 0 Å². The lowest BCUT2D eigenvalue weighted by Gasteiger charge is -2.04. The summed E-state index contributed by atoms with van der Waals surface area (Å²) in [5, 5.41) is 1.08. The number of rotatable bonds is 6. The van der Waals surface area contributed by atoms with Crippen LogP contribution in [0.15, 0.2) is 36.4 Å². The minimum absolute atomic E-state index is 0.160. The molecule has 0 spiro atoms. The van der Waals surface area contributed by atoms with Crippen LogP contribution in [-0.4, -0.2) is 23.8 Å². The Labute approximate surface area is 111 Å². The van der Waals surface area contributed by atoms with E-state index in [0.29, 0.717) is 6.42 Å². The maximum atomic E-state index is 11.4. The van der Waals surface area contributed by atoms with Crippen LogP contribution in [0.4, 0.5) is 0 Å². The molecule has 0 amide bonds. The molecular formula is C15H15NO3. The third-order valence-corrected chi connectivity index (χ3v) is 2.74. The van der Waals surface area contributed by atoms with Crippen LogP contribution in [0.1, 0.15) is 18.5 Å². The number of carbonyl (C=O) groups is 2. The highest BCUT2D eigenvalue weighted by Gasteiger charge is 2.05.